The highest BCUT2D eigenvalue weighted by atomic mass is 14.5. The Labute approximate surface area is 51.3 Å². The normalized spacial score (nSPS) is 60.8. The van der Waals surface area contributed by atoms with E-state index in [1.165, 1.54) is 12.8 Å². The number of hydrogen-bond donors (Lipinski definition) is 0. The van der Waals surface area contributed by atoms with Crippen molar-refractivity contribution in [2.45, 2.75) is 26.7 Å². The highest BCUT2D eigenvalue weighted by Crippen LogP contribution is 2.57. The molecule has 2 fully saturated rings. The summed E-state index contributed by atoms with van der Waals surface area (Å²) < 4.78 is 0. The Balaban J connectivity index is 1.86. The van der Waals surface area contributed by atoms with Crippen molar-refractivity contribution in [2.75, 3.05) is 0 Å². The van der Waals surface area contributed by atoms with Gasteiger partial charge in [0.05, 0.1) is 0 Å². The first kappa shape index (κ1) is 4.84. The molecule has 0 bridgehead atoms. The van der Waals surface area contributed by atoms with E-state index in [2.05, 4.69) is 13.8 Å². The van der Waals surface area contributed by atoms with Crippen molar-refractivity contribution in [2.24, 2.45) is 23.7 Å². The molecule has 0 amide bonds. The molecule has 0 heteroatoms. The maximum atomic E-state index is 2.38. The molecule has 0 saturated heterocycles. The molecule has 0 heterocycles. The monoisotopic (exact) mass is 110 g/mol. The van der Waals surface area contributed by atoms with Gasteiger partial charge in [0.1, 0.15) is 0 Å². The molecule has 0 aromatic rings. The van der Waals surface area contributed by atoms with Gasteiger partial charge in [-0.3, -0.25) is 0 Å². The minimum atomic E-state index is 1.09. The van der Waals surface area contributed by atoms with Crippen molar-refractivity contribution in [3.05, 3.63) is 0 Å². The molecule has 0 unspecified atom stereocenters. The largest absolute Gasteiger partial charge is 0.0622 e. The van der Waals surface area contributed by atoms with Gasteiger partial charge in [-0.15, -0.1) is 0 Å². The first-order valence-electron chi connectivity index (χ1n) is 3.79. The lowest BCUT2D eigenvalue weighted by molar-refractivity contribution is 0.614. The van der Waals surface area contributed by atoms with E-state index in [1.54, 1.807) is 0 Å². The lowest BCUT2D eigenvalue weighted by Crippen LogP contribution is -1.81. The Morgan fingerprint density at radius 1 is 0.875 bits per heavy atom. The molecule has 0 aromatic heterocycles. The van der Waals surface area contributed by atoms with Crippen LogP contribution in [0.1, 0.15) is 26.7 Å². The van der Waals surface area contributed by atoms with Crippen LogP contribution >= 0.6 is 0 Å². The van der Waals surface area contributed by atoms with Crippen LogP contribution in [0.25, 0.3) is 0 Å². The van der Waals surface area contributed by atoms with E-state index in [-0.39, 0.29) is 0 Å². The lowest BCUT2D eigenvalue weighted by Gasteiger charge is -1.87. The summed E-state index contributed by atoms with van der Waals surface area (Å²) in [6.45, 7) is 4.77. The van der Waals surface area contributed by atoms with Crippen LogP contribution in [0, 0.1) is 23.7 Å². The molecule has 8 heavy (non-hydrogen) atoms. The van der Waals surface area contributed by atoms with Crippen molar-refractivity contribution < 1.29 is 0 Å². The maximum Gasteiger partial charge on any atom is -0.0355 e. The van der Waals surface area contributed by atoms with E-state index in [9.17, 15) is 0 Å². The predicted molar refractivity (Wildman–Crippen MR) is 34.5 cm³/mol. The quantitative estimate of drug-likeness (QED) is 0.486. The predicted octanol–water partition coefficient (Wildman–Crippen LogP) is 2.30. The van der Waals surface area contributed by atoms with Gasteiger partial charge >= 0.3 is 0 Å². The van der Waals surface area contributed by atoms with Gasteiger partial charge in [0.15, 0.2) is 0 Å². The molecule has 0 nitrogen and oxygen atoms in total. The van der Waals surface area contributed by atoms with Gasteiger partial charge in [-0.1, -0.05) is 13.8 Å². The standard InChI is InChI=1S/C8H14/c1-5-3-7(5)8-4-6(8)2/h5-8H,3-4H2,1-2H3/t5-,6-,7-,8-/m1/s1. The van der Waals surface area contributed by atoms with Gasteiger partial charge in [-0.25, -0.2) is 0 Å². The fourth-order valence-electron chi connectivity index (χ4n) is 1.90. The molecule has 2 saturated carbocycles. The molecule has 0 spiro atoms. The highest BCUT2D eigenvalue weighted by molar-refractivity contribution is 4.98. The summed E-state index contributed by atoms with van der Waals surface area (Å²) in [5.74, 6) is 4.49. The number of hydrogen-bond acceptors (Lipinski definition) is 0. The van der Waals surface area contributed by atoms with E-state index < -0.39 is 0 Å². The molecule has 2 aliphatic rings. The van der Waals surface area contributed by atoms with Crippen molar-refractivity contribution in [1.82, 2.24) is 0 Å². The Morgan fingerprint density at radius 3 is 1.25 bits per heavy atom. The van der Waals surface area contributed by atoms with Crippen LogP contribution in [0.15, 0.2) is 0 Å². The molecule has 46 valence electrons. The van der Waals surface area contributed by atoms with Crippen molar-refractivity contribution in [3.8, 4) is 0 Å². The van der Waals surface area contributed by atoms with Crippen molar-refractivity contribution in [3.63, 3.8) is 0 Å². The average molecular weight is 110 g/mol. The van der Waals surface area contributed by atoms with E-state index in [0.29, 0.717) is 0 Å². The van der Waals surface area contributed by atoms with Crippen LogP contribution in [0.5, 0.6) is 0 Å². The zero-order valence-corrected chi connectivity index (χ0v) is 5.72. The van der Waals surface area contributed by atoms with Gasteiger partial charge in [-0.05, 0) is 36.5 Å². The first-order chi connectivity index (χ1) is 3.79. The van der Waals surface area contributed by atoms with Crippen LogP contribution in [-0.4, -0.2) is 0 Å². The van der Waals surface area contributed by atoms with E-state index >= 15 is 0 Å². The third-order valence-electron chi connectivity index (χ3n) is 2.89. The summed E-state index contributed by atoms with van der Waals surface area (Å²) in [5, 5.41) is 0. The Morgan fingerprint density at radius 2 is 1.12 bits per heavy atom. The SMILES string of the molecule is C[C@@H]1C[C@H]1[C@@H]1C[C@H]1C. The highest BCUT2D eigenvalue weighted by Gasteiger charge is 2.49. The topological polar surface area (TPSA) is 0 Å². The Hall–Kier alpha value is 0. The van der Waals surface area contributed by atoms with E-state index in [0.717, 1.165) is 23.7 Å². The third-order valence-corrected chi connectivity index (χ3v) is 2.89. The Kier molecular flexibility index (Phi) is 0.778. The molecule has 4 atom stereocenters. The first-order valence-corrected chi connectivity index (χ1v) is 3.79. The fraction of sp³-hybridized carbons (Fsp3) is 1.00. The summed E-state index contributed by atoms with van der Waals surface area (Å²) in [5.41, 5.74) is 0. The van der Waals surface area contributed by atoms with Crippen LogP contribution in [0.4, 0.5) is 0 Å². The minimum absolute atomic E-state index is 1.09. The number of rotatable bonds is 1. The molecule has 2 aliphatic carbocycles. The van der Waals surface area contributed by atoms with E-state index in [4.69, 9.17) is 0 Å². The molecular weight excluding hydrogens is 96.1 g/mol. The van der Waals surface area contributed by atoms with Crippen LogP contribution in [-0.2, 0) is 0 Å². The molecular formula is C8H14. The maximum absolute atomic E-state index is 2.38. The van der Waals surface area contributed by atoms with Gasteiger partial charge in [-0.2, -0.15) is 0 Å². The average Bonchev–Trinajstić information content (AvgIpc) is 2.47. The van der Waals surface area contributed by atoms with Crippen LogP contribution in [0.2, 0.25) is 0 Å². The second-order valence-electron chi connectivity index (χ2n) is 3.75. The second kappa shape index (κ2) is 1.29. The summed E-state index contributed by atoms with van der Waals surface area (Å²) in [7, 11) is 0. The van der Waals surface area contributed by atoms with Gasteiger partial charge in [0, 0.05) is 0 Å². The van der Waals surface area contributed by atoms with Gasteiger partial charge < -0.3 is 0 Å². The Bertz CT molecular complexity index is 92.6. The van der Waals surface area contributed by atoms with Gasteiger partial charge in [0.2, 0.25) is 0 Å². The zero-order valence-electron chi connectivity index (χ0n) is 5.72. The minimum Gasteiger partial charge on any atom is -0.0622 e. The summed E-state index contributed by atoms with van der Waals surface area (Å²) in [4.78, 5) is 0. The molecule has 0 aromatic carbocycles. The van der Waals surface area contributed by atoms with Gasteiger partial charge in [0.25, 0.3) is 0 Å². The summed E-state index contributed by atoms with van der Waals surface area (Å²) in [6, 6.07) is 0. The second-order valence-corrected chi connectivity index (χ2v) is 3.75. The molecule has 0 radical (unpaired) electrons. The van der Waals surface area contributed by atoms with Crippen LogP contribution < -0.4 is 0 Å². The van der Waals surface area contributed by atoms with Crippen molar-refractivity contribution in [1.29, 1.82) is 0 Å². The molecule has 2 rings (SSSR count). The van der Waals surface area contributed by atoms with E-state index in [1.807, 2.05) is 0 Å². The molecule has 0 aliphatic heterocycles. The van der Waals surface area contributed by atoms with Crippen molar-refractivity contribution >= 4 is 0 Å². The van der Waals surface area contributed by atoms with Crippen LogP contribution in [0.3, 0.4) is 0 Å². The smallest absolute Gasteiger partial charge is 0.0355 e. The zero-order chi connectivity index (χ0) is 5.72. The summed E-state index contributed by atoms with van der Waals surface area (Å²) in [6.07, 6.45) is 3.07. The fourth-order valence-corrected chi connectivity index (χ4v) is 1.90. The lowest BCUT2D eigenvalue weighted by atomic mass is 10.2. The molecule has 0 N–H and O–H groups in total. The third kappa shape index (κ3) is 0.586. The summed E-state index contributed by atoms with van der Waals surface area (Å²) >= 11 is 0.